The average molecular weight is 877 g/mol. The van der Waals surface area contributed by atoms with Crippen molar-refractivity contribution in [3.8, 4) is 17.3 Å². The molecule has 0 radical (unpaired) electrons. The standard InChI is InChI=1S/C46H48F4N4O7S/c1-6-28-22-45(28,43(57)53-62(58,59)31-16-17-31)23-36(55)35-21-30(24-54(35)42(56)33(44(3,4)5)20-27-19-25(2)11-18-34(27)47)60-41-39-38(32-9-7-8-10-37(32)61-39)51-40(52-41)26-12-14-29(15-13-26)46(48,49)50/h7-15,18-19,28,30-31,33,35H,6,16-17,20-24H2,1-5H3,(H,53,57)/t28-,30-,33-,35+,45-/m1/s1. The number of amides is 2. The van der Waals surface area contributed by atoms with Crippen LogP contribution in [0.25, 0.3) is 33.5 Å². The average Bonchev–Trinajstić information content (AvgIpc) is 4.12. The number of fused-ring (bicyclic) bond motifs is 3. The van der Waals surface area contributed by atoms with Crippen molar-refractivity contribution in [2.75, 3.05) is 6.54 Å². The summed E-state index contributed by atoms with van der Waals surface area (Å²) >= 11 is 0. The number of Topliss-reactive ketones (excluding diaryl/α,β-unsaturated/α-hetero) is 1. The van der Waals surface area contributed by atoms with Crippen LogP contribution in [0.3, 0.4) is 0 Å². The highest BCUT2D eigenvalue weighted by Crippen LogP contribution is 2.58. The molecule has 3 aliphatic rings. The van der Waals surface area contributed by atoms with E-state index in [1.165, 1.54) is 23.1 Å². The number of ketones is 1. The number of benzene rings is 3. The van der Waals surface area contributed by atoms with E-state index in [2.05, 4.69) is 14.7 Å². The van der Waals surface area contributed by atoms with Gasteiger partial charge in [0.15, 0.2) is 11.6 Å². The summed E-state index contributed by atoms with van der Waals surface area (Å²) in [6.07, 6.45) is -4.05. The summed E-state index contributed by atoms with van der Waals surface area (Å²) in [6.45, 7) is 9.16. The van der Waals surface area contributed by atoms with Crippen molar-refractivity contribution in [2.24, 2.45) is 22.7 Å². The lowest BCUT2D eigenvalue weighted by Gasteiger charge is -2.35. The van der Waals surface area contributed by atoms with Gasteiger partial charge in [-0.3, -0.25) is 19.1 Å². The molecule has 1 aliphatic heterocycles. The zero-order valence-electron chi connectivity index (χ0n) is 35.0. The molecule has 0 spiro atoms. The Hall–Kier alpha value is -5.38. The number of para-hydroxylation sites is 1. The lowest BCUT2D eigenvalue weighted by atomic mass is 9.76. The normalized spacial score (nSPS) is 22.2. The van der Waals surface area contributed by atoms with Crippen molar-refractivity contribution in [3.63, 3.8) is 0 Å². The molecular weight excluding hydrogens is 829 g/mol. The molecule has 5 atom stereocenters. The Morgan fingerprint density at radius 2 is 1.73 bits per heavy atom. The van der Waals surface area contributed by atoms with E-state index in [1.807, 2.05) is 34.6 Å². The second-order valence-electron chi connectivity index (χ2n) is 18.2. The minimum Gasteiger partial charge on any atom is -0.470 e. The molecule has 62 heavy (non-hydrogen) atoms. The zero-order valence-corrected chi connectivity index (χ0v) is 35.8. The molecule has 0 bridgehead atoms. The molecule has 8 rings (SSSR count). The van der Waals surface area contributed by atoms with E-state index in [1.54, 1.807) is 36.4 Å². The SMILES string of the molecule is CC[C@@H]1C[C@]1(CC(=O)[C@@H]1C[C@@H](Oc2nc(-c3ccc(C(F)(F)F)cc3)nc3c2oc2ccccc23)CN1C(=O)[C@@H](Cc1cc(C)ccc1F)C(C)(C)C)C(=O)NS(=O)(=O)C1CC1. The third kappa shape index (κ3) is 8.41. The molecule has 1 N–H and O–H groups in total. The van der Waals surface area contributed by atoms with Crippen molar-refractivity contribution in [2.45, 2.75) is 103 Å². The summed E-state index contributed by atoms with van der Waals surface area (Å²) in [5, 5.41) is -0.0518. The first-order valence-electron chi connectivity index (χ1n) is 20.9. The van der Waals surface area contributed by atoms with E-state index in [0.717, 1.165) is 17.7 Å². The highest BCUT2D eigenvalue weighted by atomic mass is 32.2. The fourth-order valence-electron chi connectivity index (χ4n) is 8.83. The molecule has 2 amide bonds. The van der Waals surface area contributed by atoms with E-state index in [9.17, 15) is 36.0 Å². The van der Waals surface area contributed by atoms with E-state index in [-0.39, 0.29) is 54.6 Å². The monoisotopic (exact) mass is 876 g/mol. The summed E-state index contributed by atoms with van der Waals surface area (Å²) in [7, 11) is -3.90. The Morgan fingerprint density at radius 1 is 1.02 bits per heavy atom. The number of aromatic nitrogens is 2. The highest BCUT2D eigenvalue weighted by molar-refractivity contribution is 7.90. The Kier molecular flexibility index (Phi) is 11.0. The number of alkyl halides is 3. The van der Waals surface area contributed by atoms with Gasteiger partial charge in [0.2, 0.25) is 27.4 Å². The molecule has 0 unspecified atom stereocenters. The molecule has 2 aromatic heterocycles. The lowest BCUT2D eigenvalue weighted by molar-refractivity contribution is -0.144. The van der Waals surface area contributed by atoms with Gasteiger partial charge < -0.3 is 14.1 Å². The predicted molar refractivity (Wildman–Crippen MR) is 223 cm³/mol. The fourth-order valence-corrected chi connectivity index (χ4v) is 10.2. The number of carbonyl (C=O) groups excluding carboxylic acids is 3. The number of hydrogen-bond acceptors (Lipinski definition) is 9. The molecule has 3 aromatic carbocycles. The molecule has 1 saturated heterocycles. The van der Waals surface area contributed by atoms with E-state index >= 15 is 4.39 Å². The number of nitrogens with zero attached hydrogens (tertiary/aromatic N) is 3. The van der Waals surface area contributed by atoms with E-state index in [4.69, 9.17) is 9.15 Å². The molecule has 2 saturated carbocycles. The minimum absolute atomic E-state index is 0.0318. The first-order valence-corrected chi connectivity index (χ1v) is 22.4. The van der Waals surface area contributed by atoms with Crippen LogP contribution in [0, 0.1) is 35.4 Å². The van der Waals surface area contributed by atoms with Crippen LogP contribution in [0.5, 0.6) is 5.88 Å². The topological polar surface area (TPSA) is 149 Å². The van der Waals surface area contributed by atoms with Gasteiger partial charge >= 0.3 is 6.18 Å². The quantitative estimate of drug-likeness (QED) is 0.115. The van der Waals surface area contributed by atoms with Crippen LogP contribution in [0.1, 0.15) is 82.9 Å². The van der Waals surface area contributed by atoms with E-state index in [0.29, 0.717) is 47.7 Å². The molecule has 2 aliphatic carbocycles. The number of nitrogens with one attached hydrogen (secondary N) is 1. The van der Waals surface area contributed by atoms with Crippen molar-refractivity contribution < 1.29 is 49.5 Å². The molecule has 5 aromatic rings. The van der Waals surface area contributed by atoms with Crippen LogP contribution in [0.4, 0.5) is 17.6 Å². The van der Waals surface area contributed by atoms with Gasteiger partial charge in [0.1, 0.15) is 23.0 Å². The highest BCUT2D eigenvalue weighted by Gasteiger charge is 2.62. The predicted octanol–water partition coefficient (Wildman–Crippen LogP) is 8.75. The van der Waals surface area contributed by atoms with Gasteiger partial charge in [-0.05, 0) is 79.8 Å². The Bertz CT molecular complexity index is 2690. The molecule has 16 heteroatoms. The number of carbonyl (C=O) groups is 3. The second-order valence-corrected chi connectivity index (χ2v) is 20.1. The number of ether oxygens (including phenoxy) is 1. The maximum Gasteiger partial charge on any atom is 0.416 e. The summed E-state index contributed by atoms with van der Waals surface area (Å²) < 4.78 is 96.5. The Balaban J connectivity index is 1.16. The molecule has 328 valence electrons. The second kappa shape index (κ2) is 15.8. The molecular formula is C46H48F4N4O7S. The summed E-state index contributed by atoms with van der Waals surface area (Å²) in [4.78, 5) is 54.2. The van der Waals surface area contributed by atoms with Gasteiger partial charge in [0.25, 0.3) is 5.88 Å². The van der Waals surface area contributed by atoms with Gasteiger partial charge in [-0.1, -0.05) is 76.1 Å². The fraction of sp³-hybridized carbons (Fsp3) is 0.457. The third-order valence-corrected chi connectivity index (χ3v) is 14.5. The summed E-state index contributed by atoms with van der Waals surface area (Å²) in [6, 6.07) is 15.0. The van der Waals surface area contributed by atoms with Gasteiger partial charge in [0, 0.05) is 29.7 Å². The number of likely N-dealkylation sites (tertiary alicyclic amines) is 1. The maximum absolute atomic E-state index is 15.3. The van der Waals surface area contributed by atoms with E-state index < -0.39 is 79.3 Å². The van der Waals surface area contributed by atoms with Crippen molar-refractivity contribution in [3.05, 3.63) is 89.2 Å². The van der Waals surface area contributed by atoms with Crippen LogP contribution in [-0.2, 0) is 37.0 Å². The van der Waals surface area contributed by atoms with Crippen molar-refractivity contribution in [1.82, 2.24) is 19.6 Å². The van der Waals surface area contributed by atoms with Crippen molar-refractivity contribution >= 4 is 49.7 Å². The Morgan fingerprint density at radius 3 is 2.37 bits per heavy atom. The minimum atomic E-state index is -4.56. The number of furan rings is 1. The largest absolute Gasteiger partial charge is 0.470 e. The first kappa shape index (κ1) is 43.3. The van der Waals surface area contributed by atoms with Crippen LogP contribution in [0.2, 0.25) is 0 Å². The van der Waals surface area contributed by atoms with Crippen LogP contribution in [0.15, 0.2) is 71.1 Å². The number of sulfonamides is 1. The number of aryl methyl sites for hydroxylation is 1. The Labute approximate surface area is 356 Å². The first-order chi connectivity index (χ1) is 29.2. The molecule has 3 heterocycles. The van der Waals surface area contributed by atoms with Crippen LogP contribution in [-0.4, -0.2) is 64.8 Å². The third-order valence-electron chi connectivity index (χ3n) is 12.7. The number of hydrogen-bond donors (Lipinski definition) is 1. The van der Waals surface area contributed by atoms with Gasteiger partial charge in [0.05, 0.1) is 28.8 Å². The van der Waals surface area contributed by atoms with Gasteiger partial charge in [-0.2, -0.15) is 18.2 Å². The zero-order chi connectivity index (χ0) is 44.5. The van der Waals surface area contributed by atoms with Gasteiger partial charge in [-0.15, -0.1) is 0 Å². The maximum atomic E-state index is 15.3. The summed E-state index contributed by atoms with van der Waals surface area (Å²) in [5.74, 6) is -3.15. The van der Waals surface area contributed by atoms with Crippen LogP contribution < -0.4 is 9.46 Å². The lowest BCUT2D eigenvalue weighted by Crippen LogP contribution is -2.48. The smallest absolute Gasteiger partial charge is 0.416 e. The molecule has 11 nitrogen and oxygen atoms in total. The molecule has 3 fully saturated rings. The van der Waals surface area contributed by atoms with Crippen molar-refractivity contribution in [1.29, 1.82) is 0 Å². The van der Waals surface area contributed by atoms with Gasteiger partial charge in [-0.25, -0.2) is 17.8 Å². The number of halogens is 4. The summed E-state index contributed by atoms with van der Waals surface area (Å²) in [5.41, 5.74) is -0.500. The number of rotatable bonds is 13. The van der Waals surface area contributed by atoms with Crippen LogP contribution >= 0.6 is 0 Å².